The Bertz CT molecular complexity index is 333. The quantitative estimate of drug-likeness (QED) is 0.709. The van der Waals surface area contributed by atoms with Gasteiger partial charge in [-0.3, -0.25) is 0 Å². The number of ether oxygens (including phenoxy) is 1. The van der Waals surface area contributed by atoms with Crippen LogP contribution in [-0.2, 0) is 6.42 Å². The summed E-state index contributed by atoms with van der Waals surface area (Å²) in [7, 11) is 0. The van der Waals surface area contributed by atoms with Crippen molar-refractivity contribution in [2.45, 2.75) is 26.1 Å². The topological polar surface area (TPSA) is 9.23 Å². The molecule has 1 aromatic rings. The first kappa shape index (κ1) is 11.8. The van der Waals surface area contributed by atoms with E-state index in [9.17, 15) is 17.6 Å². The molecule has 84 valence electrons. The van der Waals surface area contributed by atoms with Crippen LogP contribution < -0.4 is 4.74 Å². The van der Waals surface area contributed by atoms with E-state index in [1.54, 1.807) is 0 Å². The summed E-state index contributed by atoms with van der Waals surface area (Å²) in [6.45, 7) is 1.82. The van der Waals surface area contributed by atoms with E-state index in [1.165, 1.54) is 0 Å². The van der Waals surface area contributed by atoms with E-state index in [0.717, 1.165) is 18.2 Å². The molecule has 5 heteroatoms. The molecule has 0 aliphatic heterocycles. The Kier molecular flexibility index (Phi) is 3.55. The molecule has 1 aromatic carbocycles. The average Bonchev–Trinajstić information content (AvgIpc) is 2.09. The maximum Gasteiger partial charge on any atom is 0.573 e. The summed E-state index contributed by atoms with van der Waals surface area (Å²) in [5, 5.41) is 0. The van der Waals surface area contributed by atoms with Crippen molar-refractivity contribution in [3.63, 3.8) is 0 Å². The van der Waals surface area contributed by atoms with E-state index in [2.05, 4.69) is 4.74 Å². The van der Waals surface area contributed by atoms with Crippen LogP contribution in [-0.4, -0.2) is 6.36 Å². The normalized spacial score (nSPS) is 11.5. The first-order chi connectivity index (χ1) is 6.92. The van der Waals surface area contributed by atoms with Crippen LogP contribution in [0.3, 0.4) is 0 Å². The highest BCUT2D eigenvalue weighted by molar-refractivity contribution is 5.30. The molecule has 1 nitrogen and oxygen atoms in total. The van der Waals surface area contributed by atoms with Crippen molar-refractivity contribution in [3.05, 3.63) is 29.6 Å². The van der Waals surface area contributed by atoms with Gasteiger partial charge in [0.1, 0.15) is 11.6 Å². The number of rotatable bonds is 3. The van der Waals surface area contributed by atoms with Gasteiger partial charge in [-0.15, -0.1) is 13.2 Å². The summed E-state index contributed by atoms with van der Waals surface area (Å²) in [4.78, 5) is 0. The van der Waals surface area contributed by atoms with Gasteiger partial charge in [0.15, 0.2) is 0 Å². The summed E-state index contributed by atoms with van der Waals surface area (Å²) in [6.07, 6.45) is -3.69. The van der Waals surface area contributed by atoms with Gasteiger partial charge >= 0.3 is 6.36 Å². The fraction of sp³-hybridized carbons (Fsp3) is 0.400. The third kappa shape index (κ3) is 3.77. The third-order valence-corrected chi connectivity index (χ3v) is 1.77. The van der Waals surface area contributed by atoms with Crippen LogP contribution in [0, 0.1) is 5.82 Å². The Morgan fingerprint density at radius 2 is 1.93 bits per heavy atom. The van der Waals surface area contributed by atoms with Crippen molar-refractivity contribution in [2.24, 2.45) is 0 Å². The van der Waals surface area contributed by atoms with E-state index in [-0.39, 0.29) is 11.3 Å². The number of benzene rings is 1. The van der Waals surface area contributed by atoms with Crippen LogP contribution in [0.15, 0.2) is 18.2 Å². The lowest BCUT2D eigenvalue weighted by atomic mass is 10.1. The predicted molar refractivity (Wildman–Crippen MR) is 47.1 cm³/mol. The fourth-order valence-electron chi connectivity index (χ4n) is 1.21. The molecular weight excluding hydrogens is 212 g/mol. The van der Waals surface area contributed by atoms with Crippen molar-refractivity contribution in [3.8, 4) is 5.75 Å². The molecule has 0 saturated heterocycles. The second-order valence-corrected chi connectivity index (χ2v) is 3.05. The van der Waals surface area contributed by atoms with Crippen molar-refractivity contribution in [1.82, 2.24) is 0 Å². The largest absolute Gasteiger partial charge is 0.573 e. The molecule has 0 fully saturated rings. The summed E-state index contributed by atoms with van der Waals surface area (Å²) >= 11 is 0. The minimum Gasteiger partial charge on any atom is -0.406 e. The van der Waals surface area contributed by atoms with Gasteiger partial charge in [0.25, 0.3) is 0 Å². The van der Waals surface area contributed by atoms with Gasteiger partial charge in [-0.05, 0) is 30.2 Å². The van der Waals surface area contributed by atoms with E-state index in [0.29, 0.717) is 12.8 Å². The van der Waals surface area contributed by atoms with Gasteiger partial charge in [-0.25, -0.2) is 4.39 Å². The van der Waals surface area contributed by atoms with Crippen molar-refractivity contribution >= 4 is 0 Å². The summed E-state index contributed by atoms with van der Waals surface area (Å²) in [5.74, 6) is -0.890. The van der Waals surface area contributed by atoms with Gasteiger partial charge in [-0.1, -0.05) is 13.3 Å². The monoisotopic (exact) mass is 222 g/mol. The minimum atomic E-state index is -4.73. The van der Waals surface area contributed by atoms with Gasteiger partial charge in [0.2, 0.25) is 0 Å². The highest BCUT2D eigenvalue weighted by Gasteiger charge is 2.31. The molecule has 0 heterocycles. The summed E-state index contributed by atoms with van der Waals surface area (Å²) in [5.41, 5.74) is 0.235. The highest BCUT2D eigenvalue weighted by atomic mass is 19.4. The van der Waals surface area contributed by atoms with E-state index in [4.69, 9.17) is 0 Å². The molecule has 0 bridgehead atoms. The maximum atomic E-state index is 13.1. The Labute approximate surface area is 84.7 Å². The van der Waals surface area contributed by atoms with Gasteiger partial charge in [-0.2, -0.15) is 0 Å². The molecule has 0 unspecified atom stereocenters. The summed E-state index contributed by atoms with van der Waals surface area (Å²) < 4.78 is 52.3. The van der Waals surface area contributed by atoms with Gasteiger partial charge in [0.05, 0.1) is 0 Å². The zero-order valence-corrected chi connectivity index (χ0v) is 8.07. The molecule has 0 radical (unpaired) electrons. The lowest BCUT2D eigenvalue weighted by Crippen LogP contribution is -2.17. The van der Waals surface area contributed by atoms with Crippen LogP contribution in [0.1, 0.15) is 18.9 Å². The Morgan fingerprint density at radius 3 is 2.47 bits per heavy atom. The molecule has 0 N–H and O–H groups in total. The third-order valence-electron chi connectivity index (χ3n) is 1.77. The Morgan fingerprint density at radius 1 is 1.27 bits per heavy atom. The highest BCUT2D eigenvalue weighted by Crippen LogP contribution is 2.25. The standard InChI is InChI=1S/C10H10F4O/c1-2-3-7-6-8(4-5-9(7)11)15-10(12,13)14/h4-6H,2-3H2,1H3. The first-order valence-corrected chi connectivity index (χ1v) is 4.46. The molecule has 0 aliphatic carbocycles. The maximum absolute atomic E-state index is 13.1. The zero-order chi connectivity index (χ0) is 11.5. The molecule has 0 amide bonds. The molecular formula is C10H10F4O. The zero-order valence-electron chi connectivity index (χ0n) is 8.07. The second-order valence-electron chi connectivity index (χ2n) is 3.05. The molecule has 0 aromatic heterocycles. The van der Waals surface area contributed by atoms with Crippen LogP contribution in [0.25, 0.3) is 0 Å². The molecule has 15 heavy (non-hydrogen) atoms. The number of alkyl halides is 3. The van der Waals surface area contributed by atoms with E-state index < -0.39 is 12.2 Å². The van der Waals surface area contributed by atoms with Gasteiger partial charge < -0.3 is 4.74 Å². The lowest BCUT2D eigenvalue weighted by Gasteiger charge is -2.10. The Balaban J connectivity index is 2.87. The first-order valence-electron chi connectivity index (χ1n) is 4.46. The minimum absolute atomic E-state index is 0.235. The predicted octanol–water partition coefficient (Wildman–Crippen LogP) is 3.68. The van der Waals surface area contributed by atoms with E-state index in [1.807, 2.05) is 6.92 Å². The number of aryl methyl sites for hydroxylation is 1. The smallest absolute Gasteiger partial charge is 0.406 e. The van der Waals surface area contributed by atoms with Crippen molar-refractivity contribution < 1.29 is 22.3 Å². The summed E-state index contributed by atoms with van der Waals surface area (Å²) in [6, 6.07) is 3.01. The van der Waals surface area contributed by atoms with E-state index >= 15 is 0 Å². The number of hydrogen-bond acceptors (Lipinski definition) is 1. The SMILES string of the molecule is CCCc1cc(OC(F)(F)F)ccc1F. The van der Waals surface area contributed by atoms with Crippen LogP contribution in [0.5, 0.6) is 5.75 Å². The van der Waals surface area contributed by atoms with Crippen molar-refractivity contribution in [2.75, 3.05) is 0 Å². The number of halogens is 4. The average molecular weight is 222 g/mol. The Hall–Kier alpha value is -1.26. The second kappa shape index (κ2) is 4.51. The van der Waals surface area contributed by atoms with Gasteiger partial charge in [0, 0.05) is 0 Å². The molecule has 0 spiro atoms. The molecule has 1 rings (SSSR count). The number of hydrogen-bond donors (Lipinski definition) is 0. The molecule has 0 saturated carbocycles. The van der Waals surface area contributed by atoms with Crippen LogP contribution >= 0.6 is 0 Å². The molecule has 0 aliphatic rings. The van der Waals surface area contributed by atoms with Crippen LogP contribution in [0.4, 0.5) is 17.6 Å². The molecule has 0 atom stereocenters. The van der Waals surface area contributed by atoms with Crippen LogP contribution in [0.2, 0.25) is 0 Å². The van der Waals surface area contributed by atoms with Crippen molar-refractivity contribution in [1.29, 1.82) is 0 Å². The fourth-order valence-corrected chi connectivity index (χ4v) is 1.21. The lowest BCUT2D eigenvalue weighted by molar-refractivity contribution is -0.274.